The lowest BCUT2D eigenvalue weighted by atomic mass is 9.93. The van der Waals surface area contributed by atoms with Crippen molar-refractivity contribution in [3.05, 3.63) is 34.2 Å². The fraction of sp³-hybridized carbons (Fsp3) is 0.500. The Bertz CT molecular complexity index is 718. The second kappa shape index (κ2) is 7.23. The summed E-state index contributed by atoms with van der Waals surface area (Å²) >= 11 is 1.74. The lowest BCUT2D eigenvalue weighted by Crippen LogP contribution is -2.49. The average Bonchev–Trinajstić information content (AvgIpc) is 2.95. The summed E-state index contributed by atoms with van der Waals surface area (Å²) in [6, 6.07) is 0.123. The van der Waals surface area contributed by atoms with E-state index in [0.717, 1.165) is 31.1 Å². The van der Waals surface area contributed by atoms with Crippen LogP contribution in [0.2, 0.25) is 0 Å². The quantitative estimate of drug-likeness (QED) is 0.870. The zero-order valence-electron chi connectivity index (χ0n) is 13.9. The smallest absolute Gasteiger partial charge is 0.273 e. The molecule has 0 saturated carbocycles. The summed E-state index contributed by atoms with van der Waals surface area (Å²) in [5.41, 5.74) is 5.92. The number of thiazole rings is 1. The highest BCUT2D eigenvalue weighted by atomic mass is 32.1. The van der Waals surface area contributed by atoms with Crippen LogP contribution in [0.4, 0.5) is 5.82 Å². The summed E-state index contributed by atoms with van der Waals surface area (Å²) in [6.45, 7) is 7.00. The number of hydrogen-bond acceptors (Lipinski definition) is 7. The molecule has 0 radical (unpaired) electrons. The van der Waals surface area contributed by atoms with Crippen molar-refractivity contribution in [3.8, 4) is 0 Å². The highest BCUT2D eigenvalue weighted by Crippen LogP contribution is 2.21. The van der Waals surface area contributed by atoms with E-state index in [1.54, 1.807) is 11.3 Å². The van der Waals surface area contributed by atoms with Crippen molar-refractivity contribution in [2.75, 3.05) is 18.8 Å². The molecule has 1 aliphatic heterocycles. The molecular weight excluding hydrogens is 324 g/mol. The summed E-state index contributed by atoms with van der Waals surface area (Å²) in [4.78, 5) is 28.3. The van der Waals surface area contributed by atoms with E-state index in [0.29, 0.717) is 5.92 Å². The van der Waals surface area contributed by atoms with E-state index >= 15 is 0 Å². The second-order valence-corrected chi connectivity index (χ2v) is 7.54. The Morgan fingerprint density at radius 1 is 1.42 bits per heavy atom. The minimum atomic E-state index is -0.246. The molecule has 2 aromatic heterocycles. The van der Waals surface area contributed by atoms with Crippen molar-refractivity contribution in [3.63, 3.8) is 0 Å². The van der Waals surface area contributed by atoms with Gasteiger partial charge >= 0.3 is 0 Å². The van der Waals surface area contributed by atoms with Crippen LogP contribution >= 0.6 is 11.3 Å². The van der Waals surface area contributed by atoms with Gasteiger partial charge in [0.25, 0.3) is 5.91 Å². The monoisotopic (exact) mass is 346 g/mol. The van der Waals surface area contributed by atoms with E-state index < -0.39 is 0 Å². The Morgan fingerprint density at radius 2 is 2.21 bits per heavy atom. The molecule has 128 valence electrons. The van der Waals surface area contributed by atoms with Gasteiger partial charge in [-0.3, -0.25) is 9.69 Å². The first-order valence-electron chi connectivity index (χ1n) is 8.04. The molecule has 3 heterocycles. The van der Waals surface area contributed by atoms with Crippen molar-refractivity contribution in [2.24, 2.45) is 5.92 Å². The number of rotatable bonds is 4. The molecule has 2 aromatic rings. The average molecular weight is 346 g/mol. The zero-order valence-corrected chi connectivity index (χ0v) is 14.7. The number of piperidine rings is 1. The van der Waals surface area contributed by atoms with Gasteiger partial charge in [-0.05, 0) is 19.3 Å². The van der Waals surface area contributed by atoms with Crippen LogP contribution in [-0.2, 0) is 6.54 Å². The Labute approximate surface area is 145 Å². The number of carbonyl (C=O) groups excluding carboxylic acids is 1. The van der Waals surface area contributed by atoms with Gasteiger partial charge in [0, 0.05) is 49.1 Å². The maximum atomic E-state index is 12.3. The van der Waals surface area contributed by atoms with Crippen molar-refractivity contribution >= 4 is 23.1 Å². The number of nitrogens with zero attached hydrogens (tertiary/aromatic N) is 4. The van der Waals surface area contributed by atoms with E-state index in [4.69, 9.17) is 5.73 Å². The Balaban J connectivity index is 1.56. The second-order valence-electron chi connectivity index (χ2n) is 6.22. The van der Waals surface area contributed by atoms with Gasteiger partial charge in [-0.25, -0.2) is 15.0 Å². The van der Waals surface area contributed by atoms with Crippen LogP contribution in [0.25, 0.3) is 0 Å². The van der Waals surface area contributed by atoms with Gasteiger partial charge in [0.05, 0.1) is 5.01 Å². The molecule has 0 aliphatic carbocycles. The molecule has 24 heavy (non-hydrogen) atoms. The van der Waals surface area contributed by atoms with Gasteiger partial charge in [0.1, 0.15) is 0 Å². The van der Waals surface area contributed by atoms with Crippen LogP contribution in [0.1, 0.15) is 33.7 Å². The molecule has 0 bridgehead atoms. The van der Waals surface area contributed by atoms with Crippen LogP contribution in [0.15, 0.2) is 18.6 Å². The highest BCUT2D eigenvalue weighted by molar-refractivity contribution is 7.11. The number of nitrogens with one attached hydrogen (secondary N) is 1. The van der Waals surface area contributed by atoms with Crippen LogP contribution in [-0.4, -0.2) is 44.9 Å². The van der Waals surface area contributed by atoms with Gasteiger partial charge in [-0.15, -0.1) is 11.3 Å². The van der Waals surface area contributed by atoms with E-state index in [9.17, 15) is 4.79 Å². The van der Waals surface area contributed by atoms with E-state index in [1.807, 2.05) is 13.1 Å². The summed E-state index contributed by atoms with van der Waals surface area (Å²) < 4.78 is 0. The van der Waals surface area contributed by atoms with Crippen LogP contribution in [0.3, 0.4) is 0 Å². The molecule has 2 atom stereocenters. The normalized spacial score (nSPS) is 21.6. The lowest BCUT2D eigenvalue weighted by molar-refractivity contribution is 0.0857. The van der Waals surface area contributed by atoms with Crippen LogP contribution in [0.5, 0.6) is 0 Å². The molecule has 3 rings (SSSR count). The van der Waals surface area contributed by atoms with Gasteiger partial charge in [-0.1, -0.05) is 6.92 Å². The number of hydrogen-bond donors (Lipinski definition) is 2. The summed E-state index contributed by atoms with van der Waals surface area (Å²) in [5.74, 6) is 0.277. The molecule has 7 nitrogen and oxygen atoms in total. The van der Waals surface area contributed by atoms with Crippen molar-refractivity contribution in [1.82, 2.24) is 25.2 Å². The number of amides is 1. The first-order valence-corrected chi connectivity index (χ1v) is 8.85. The predicted octanol–water partition coefficient (Wildman–Crippen LogP) is 1.46. The molecule has 1 fully saturated rings. The minimum Gasteiger partial charge on any atom is -0.382 e. The van der Waals surface area contributed by atoms with Crippen molar-refractivity contribution < 1.29 is 4.79 Å². The molecular formula is C16H22N6OS. The Hall–Kier alpha value is -2.06. The molecule has 1 aliphatic rings. The number of aromatic nitrogens is 3. The number of anilines is 1. The Morgan fingerprint density at radius 3 is 2.88 bits per heavy atom. The van der Waals surface area contributed by atoms with E-state index in [1.165, 1.54) is 17.3 Å². The summed E-state index contributed by atoms with van der Waals surface area (Å²) in [7, 11) is 0. The van der Waals surface area contributed by atoms with Gasteiger partial charge in [0.15, 0.2) is 11.5 Å². The topological polar surface area (TPSA) is 97.0 Å². The molecule has 0 aromatic carbocycles. The predicted molar refractivity (Wildman–Crippen MR) is 93.6 cm³/mol. The molecule has 8 heteroatoms. The van der Waals surface area contributed by atoms with Crippen LogP contribution < -0.4 is 11.1 Å². The molecule has 1 saturated heterocycles. The third kappa shape index (κ3) is 3.88. The van der Waals surface area contributed by atoms with Gasteiger partial charge in [-0.2, -0.15) is 0 Å². The number of nitrogen functional groups attached to an aromatic ring is 1. The molecule has 0 spiro atoms. The minimum absolute atomic E-state index is 0.123. The Kier molecular flexibility index (Phi) is 5.06. The molecule has 1 amide bonds. The fourth-order valence-electron chi connectivity index (χ4n) is 3.05. The number of carbonyl (C=O) groups is 1. The molecule has 3 N–H and O–H groups in total. The summed E-state index contributed by atoms with van der Waals surface area (Å²) in [6.07, 6.45) is 5.82. The highest BCUT2D eigenvalue weighted by Gasteiger charge is 2.28. The van der Waals surface area contributed by atoms with Gasteiger partial charge in [0.2, 0.25) is 0 Å². The van der Waals surface area contributed by atoms with Crippen LogP contribution in [0, 0.1) is 12.8 Å². The summed E-state index contributed by atoms with van der Waals surface area (Å²) in [5, 5.41) is 4.16. The van der Waals surface area contributed by atoms with E-state index in [2.05, 4.69) is 32.1 Å². The molecule has 0 unspecified atom stereocenters. The largest absolute Gasteiger partial charge is 0.382 e. The van der Waals surface area contributed by atoms with Gasteiger partial charge < -0.3 is 11.1 Å². The SMILES string of the molecule is Cc1ncc(CN2CC[C@H](NC(=O)c3nccnc3N)[C@@H](C)C2)s1. The first kappa shape index (κ1) is 16.8. The first-order chi connectivity index (χ1) is 11.5. The number of aryl methyl sites for hydroxylation is 1. The standard InChI is InChI=1S/C16H22N6OS/c1-10-8-22(9-12-7-20-11(2)24-12)6-3-13(10)21-16(23)14-15(17)19-5-4-18-14/h4-5,7,10,13H,3,6,8-9H2,1-2H3,(H2,17,19)(H,21,23)/t10-,13-/m0/s1. The van der Waals surface area contributed by atoms with E-state index in [-0.39, 0.29) is 23.5 Å². The number of likely N-dealkylation sites (tertiary alicyclic amines) is 1. The maximum absolute atomic E-state index is 12.3. The van der Waals surface area contributed by atoms with Crippen molar-refractivity contribution in [2.45, 2.75) is 32.9 Å². The van der Waals surface area contributed by atoms with Crippen molar-refractivity contribution in [1.29, 1.82) is 0 Å². The zero-order chi connectivity index (χ0) is 17.1. The number of nitrogens with two attached hydrogens (primary N) is 1. The third-order valence-electron chi connectivity index (χ3n) is 4.30. The lowest BCUT2D eigenvalue weighted by Gasteiger charge is -2.37. The third-order valence-corrected chi connectivity index (χ3v) is 5.19. The maximum Gasteiger partial charge on any atom is 0.273 e. The fourth-order valence-corrected chi connectivity index (χ4v) is 3.89.